The predicted octanol–water partition coefficient (Wildman–Crippen LogP) is 1.35. The predicted molar refractivity (Wildman–Crippen MR) is 48.4 cm³/mol. The number of aliphatic hydroxyl groups excluding tert-OH is 1. The van der Waals surface area contributed by atoms with Gasteiger partial charge in [0.05, 0.1) is 5.54 Å². The third-order valence-electron chi connectivity index (χ3n) is 1.83. The van der Waals surface area contributed by atoms with E-state index in [0.717, 1.165) is 12.8 Å². The molecule has 1 rings (SSSR count). The summed E-state index contributed by atoms with van der Waals surface area (Å²) in [4.78, 5) is 4.28. The first-order valence-electron chi connectivity index (χ1n) is 4.46. The summed E-state index contributed by atoms with van der Waals surface area (Å²) in [6.45, 7) is 6.62. The van der Waals surface area contributed by atoms with Crippen LogP contribution in [0.2, 0.25) is 0 Å². The van der Waals surface area contributed by atoms with E-state index in [1.807, 2.05) is 20.8 Å². The fraction of sp³-hybridized carbons (Fsp3) is 0.889. The van der Waals surface area contributed by atoms with E-state index in [0.29, 0.717) is 12.5 Å². The molecule has 0 aromatic heterocycles. The molecule has 12 heavy (non-hydrogen) atoms. The number of rotatable bonds is 3. The van der Waals surface area contributed by atoms with Crippen LogP contribution in [0.4, 0.5) is 0 Å². The Morgan fingerprint density at radius 2 is 2.33 bits per heavy atom. The average Bonchev–Trinajstić information content (AvgIpc) is 2.31. The molecule has 0 amide bonds. The zero-order valence-corrected chi connectivity index (χ0v) is 8.00. The molecule has 70 valence electrons. The van der Waals surface area contributed by atoms with Gasteiger partial charge in [0.25, 0.3) is 0 Å². The number of nitrogens with zero attached hydrogens (tertiary/aromatic N) is 1. The van der Waals surface area contributed by atoms with Crippen LogP contribution in [-0.2, 0) is 4.74 Å². The van der Waals surface area contributed by atoms with Gasteiger partial charge in [-0.15, -0.1) is 0 Å². The molecule has 1 aliphatic rings. The van der Waals surface area contributed by atoms with Crippen LogP contribution in [0.25, 0.3) is 0 Å². The minimum Gasteiger partial charge on any atom is -0.477 e. The van der Waals surface area contributed by atoms with Gasteiger partial charge in [-0.3, -0.25) is 0 Å². The van der Waals surface area contributed by atoms with Crippen LogP contribution in [-0.4, -0.2) is 29.3 Å². The molecule has 0 bridgehead atoms. The summed E-state index contributed by atoms with van der Waals surface area (Å²) < 4.78 is 5.28. The molecule has 1 N–H and O–H groups in total. The Hall–Kier alpha value is -0.570. The van der Waals surface area contributed by atoms with Crippen molar-refractivity contribution in [3.8, 4) is 0 Å². The first-order valence-corrected chi connectivity index (χ1v) is 4.46. The van der Waals surface area contributed by atoms with E-state index in [2.05, 4.69) is 4.99 Å². The molecule has 0 aromatic rings. The maximum absolute atomic E-state index is 9.53. The van der Waals surface area contributed by atoms with Crippen molar-refractivity contribution in [1.29, 1.82) is 0 Å². The molecule has 0 aliphatic carbocycles. The lowest BCUT2D eigenvalue weighted by molar-refractivity contribution is 0.182. The first-order chi connectivity index (χ1) is 5.55. The van der Waals surface area contributed by atoms with Gasteiger partial charge in [0, 0.05) is 0 Å². The van der Waals surface area contributed by atoms with Crippen molar-refractivity contribution < 1.29 is 9.84 Å². The molecule has 3 nitrogen and oxygen atoms in total. The van der Waals surface area contributed by atoms with Crippen LogP contribution in [0.15, 0.2) is 4.99 Å². The van der Waals surface area contributed by atoms with Crippen molar-refractivity contribution >= 4 is 5.90 Å². The van der Waals surface area contributed by atoms with E-state index in [9.17, 15) is 5.11 Å². The van der Waals surface area contributed by atoms with Crippen LogP contribution in [0.3, 0.4) is 0 Å². The zero-order chi connectivity index (χ0) is 9.19. The third-order valence-corrected chi connectivity index (χ3v) is 1.83. The Balaban J connectivity index is 2.54. The Bertz CT molecular complexity index is 187. The van der Waals surface area contributed by atoms with Crippen LogP contribution >= 0.6 is 0 Å². The van der Waals surface area contributed by atoms with E-state index in [-0.39, 0.29) is 5.54 Å². The van der Waals surface area contributed by atoms with Crippen LogP contribution < -0.4 is 0 Å². The molecule has 3 heteroatoms. The van der Waals surface area contributed by atoms with Gasteiger partial charge in [-0.05, 0) is 20.3 Å². The first kappa shape index (κ1) is 9.52. The molecule has 0 radical (unpaired) electrons. The largest absolute Gasteiger partial charge is 0.477 e. The molecule has 0 saturated heterocycles. The summed E-state index contributed by atoms with van der Waals surface area (Å²) >= 11 is 0. The second kappa shape index (κ2) is 3.44. The number of hydrogen-bond donors (Lipinski definition) is 1. The smallest absolute Gasteiger partial charge is 0.213 e. The Labute approximate surface area is 73.5 Å². The van der Waals surface area contributed by atoms with Gasteiger partial charge in [0.2, 0.25) is 5.90 Å². The zero-order valence-electron chi connectivity index (χ0n) is 8.00. The van der Waals surface area contributed by atoms with Crippen molar-refractivity contribution in [2.75, 3.05) is 6.61 Å². The van der Waals surface area contributed by atoms with E-state index in [1.54, 1.807) is 0 Å². The van der Waals surface area contributed by atoms with Crippen LogP contribution in [0, 0.1) is 0 Å². The third kappa shape index (κ3) is 2.21. The summed E-state index contributed by atoms with van der Waals surface area (Å²) in [6, 6.07) is 0. The molecule has 1 heterocycles. The van der Waals surface area contributed by atoms with Gasteiger partial charge >= 0.3 is 0 Å². The summed E-state index contributed by atoms with van der Waals surface area (Å²) in [6.07, 6.45) is 1.18. The molecule has 0 spiro atoms. The lowest BCUT2D eigenvalue weighted by Gasteiger charge is -2.08. The molecule has 1 unspecified atom stereocenters. The normalized spacial score (nSPS) is 23.2. The Morgan fingerprint density at radius 3 is 2.75 bits per heavy atom. The number of ether oxygens (including phenoxy) is 1. The van der Waals surface area contributed by atoms with Gasteiger partial charge in [-0.1, -0.05) is 13.3 Å². The van der Waals surface area contributed by atoms with Gasteiger partial charge < -0.3 is 9.84 Å². The molecule has 1 aliphatic heterocycles. The van der Waals surface area contributed by atoms with E-state index in [4.69, 9.17) is 4.74 Å². The van der Waals surface area contributed by atoms with Crippen molar-refractivity contribution in [2.45, 2.75) is 45.3 Å². The Morgan fingerprint density at radius 1 is 1.67 bits per heavy atom. The summed E-state index contributed by atoms with van der Waals surface area (Å²) in [5, 5.41) is 9.53. The molecule has 1 atom stereocenters. The maximum atomic E-state index is 9.53. The van der Waals surface area contributed by atoms with Crippen molar-refractivity contribution in [1.82, 2.24) is 0 Å². The quantitative estimate of drug-likeness (QED) is 0.696. The van der Waals surface area contributed by atoms with Crippen LogP contribution in [0.5, 0.6) is 0 Å². The van der Waals surface area contributed by atoms with Gasteiger partial charge in [0.1, 0.15) is 12.7 Å². The van der Waals surface area contributed by atoms with Gasteiger partial charge in [0.15, 0.2) is 0 Å². The molecular weight excluding hydrogens is 154 g/mol. The highest BCUT2D eigenvalue weighted by Crippen LogP contribution is 2.19. The molecular formula is C9H17NO2. The maximum Gasteiger partial charge on any atom is 0.213 e. The van der Waals surface area contributed by atoms with Gasteiger partial charge in [-0.2, -0.15) is 0 Å². The fourth-order valence-electron chi connectivity index (χ4n) is 1.18. The Kier molecular flexibility index (Phi) is 2.73. The lowest BCUT2D eigenvalue weighted by Crippen LogP contribution is -2.20. The van der Waals surface area contributed by atoms with Crippen molar-refractivity contribution in [3.63, 3.8) is 0 Å². The molecule has 0 aromatic carbocycles. The number of aliphatic hydroxyl groups is 1. The van der Waals surface area contributed by atoms with Crippen molar-refractivity contribution in [3.05, 3.63) is 0 Å². The van der Waals surface area contributed by atoms with Crippen LogP contribution in [0.1, 0.15) is 33.6 Å². The number of aliphatic imine (C=N–C) groups is 1. The van der Waals surface area contributed by atoms with Crippen molar-refractivity contribution in [2.24, 2.45) is 4.99 Å². The lowest BCUT2D eigenvalue weighted by atomic mass is 10.1. The highest BCUT2D eigenvalue weighted by Gasteiger charge is 2.29. The second-order valence-corrected chi connectivity index (χ2v) is 3.86. The minimum atomic E-state index is -0.503. The summed E-state index contributed by atoms with van der Waals surface area (Å²) in [5.41, 5.74) is -0.149. The van der Waals surface area contributed by atoms with E-state index < -0.39 is 6.10 Å². The SMILES string of the molecule is CCCC(O)C1=NC(C)(C)CO1. The topological polar surface area (TPSA) is 41.8 Å². The summed E-state index contributed by atoms with van der Waals surface area (Å²) in [5.74, 6) is 0.516. The number of hydrogen-bond acceptors (Lipinski definition) is 3. The van der Waals surface area contributed by atoms with E-state index >= 15 is 0 Å². The van der Waals surface area contributed by atoms with Gasteiger partial charge in [-0.25, -0.2) is 4.99 Å². The standard InChI is InChI=1S/C9H17NO2/c1-4-5-7(11)8-10-9(2,3)6-12-8/h7,11H,4-6H2,1-3H3. The highest BCUT2D eigenvalue weighted by molar-refractivity contribution is 5.82. The molecule has 0 saturated carbocycles. The average molecular weight is 171 g/mol. The van der Waals surface area contributed by atoms with E-state index in [1.165, 1.54) is 0 Å². The minimum absolute atomic E-state index is 0.149. The second-order valence-electron chi connectivity index (χ2n) is 3.86. The fourth-order valence-corrected chi connectivity index (χ4v) is 1.18. The monoisotopic (exact) mass is 171 g/mol. The molecule has 0 fully saturated rings. The summed E-state index contributed by atoms with van der Waals surface area (Å²) in [7, 11) is 0. The highest BCUT2D eigenvalue weighted by atomic mass is 16.5.